The smallest absolute Gasteiger partial charge is 0.314 e. The normalized spacial score (nSPS) is 18.7. The van der Waals surface area contributed by atoms with E-state index < -0.39 is 17.6 Å². The van der Waals surface area contributed by atoms with Crippen LogP contribution in [0.4, 0.5) is 8.78 Å². The van der Waals surface area contributed by atoms with Crippen LogP contribution in [0, 0.1) is 23.5 Å². The molecule has 1 aromatic carbocycles. The van der Waals surface area contributed by atoms with Gasteiger partial charge >= 0.3 is 5.97 Å². The average Bonchev–Trinajstić information content (AvgIpc) is 2.78. The molecule has 0 saturated heterocycles. The fourth-order valence-corrected chi connectivity index (χ4v) is 4.33. The van der Waals surface area contributed by atoms with Crippen LogP contribution < -0.4 is 9.47 Å². The molecule has 0 aliphatic heterocycles. The number of benzene rings is 1. The predicted octanol–water partition coefficient (Wildman–Crippen LogP) is 8.00. The molecule has 0 bridgehead atoms. The Morgan fingerprint density at radius 2 is 1.42 bits per heavy atom. The van der Waals surface area contributed by atoms with Crippen molar-refractivity contribution in [3.8, 4) is 11.5 Å². The molecular weight excluding hydrogens is 398 g/mol. The minimum absolute atomic E-state index is 0.131. The summed E-state index contributed by atoms with van der Waals surface area (Å²) in [6, 6.07) is 2.63. The monoisotopic (exact) mass is 438 g/mol. The zero-order chi connectivity index (χ0) is 22.5. The number of hydrogen-bond acceptors (Lipinski definition) is 3. The van der Waals surface area contributed by atoms with Crippen molar-refractivity contribution >= 4 is 5.97 Å². The number of rotatable bonds is 14. The fourth-order valence-electron chi connectivity index (χ4n) is 4.33. The third kappa shape index (κ3) is 8.78. The van der Waals surface area contributed by atoms with E-state index >= 15 is 0 Å². The van der Waals surface area contributed by atoms with Crippen molar-refractivity contribution in [2.45, 2.75) is 104 Å². The Balaban J connectivity index is 1.76. The highest BCUT2D eigenvalue weighted by Gasteiger charge is 2.28. The summed E-state index contributed by atoms with van der Waals surface area (Å²) in [6.45, 7) is 4.67. The highest BCUT2D eigenvalue weighted by atomic mass is 19.2. The molecule has 0 unspecified atom stereocenters. The summed E-state index contributed by atoms with van der Waals surface area (Å²) in [7, 11) is 0. The van der Waals surface area contributed by atoms with Gasteiger partial charge in [-0.15, -0.1) is 0 Å². The van der Waals surface area contributed by atoms with E-state index in [1.54, 1.807) is 0 Å². The fraction of sp³-hybridized carbons (Fsp3) is 0.731. The predicted molar refractivity (Wildman–Crippen MR) is 120 cm³/mol. The minimum Gasteiger partial charge on any atom is -0.490 e. The zero-order valence-corrected chi connectivity index (χ0v) is 19.4. The highest BCUT2D eigenvalue weighted by molar-refractivity contribution is 5.75. The van der Waals surface area contributed by atoms with Crippen LogP contribution in [0.1, 0.15) is 104 Å². The summed E-state index contributed by atoms with van der Waals surface area (Å²) in [4.78, 5) is 12.5. The molecule has 0 heterocycles. The summed E-state index contributed by atoms with van der Waals surface area (Å²) < 4.78 is 39.2. The number of hydrogen-bond donors (Lipinski definition) is 0. The van der Waals surface area contributed by atoms with Crippen molar-refractivity contribution in [2.75, 3.05) is 6.61 Å². The van der Waals surface area contributed by atoms with Gasteiger partial charge in [0.15, 0.2) is 11.5 Å². The van der Waals surface area contributed by atoms with Gasteiger partial charge in [-0.1, -0.05) is 71.6 Å². The first-order valence-electron chi connectivity index (χ1n) is 12.4. The SMILES string of the molecule is CCCCCCCC1CCC(C(=O)Oc2ccc(OCCCCCC)c(F)c2F)CC1. The van der Waals surface area contributed by atoms with E-state index in [-0.39, 0.29) is 17.4 Å². The quantitative estimate of drug-likeness (QED) is 0.168. The van der Waals surface area contributed by atoms with Gasteiger partial charge in [0.1, 0.15) is 0 Å². The maximum atomic E-state index is 14.4. The van der Waals surface area contributed by atoms with Crippen molar-refractivity contribution in [1.29, 1.82) is 0 Å². The first-order valence-corrected chi connectivity index (χ1v) is 12.4. The lowest BCUT2D eigenvalue weighted by atomic mass is 9.80. The van der Waals surface area contributed by atoms with Crippen LogP contribution in [0.5, 0.6) is 11.5 Å². The van der Waals surface area contributed by atoms with Gasteiger partial charge in [-0.25, -0.2) is 0 Å². The Bertz CT molecular complexity index is 654. The van der Waals surface area contributed by atoms with Gasteiger partial charge in [0, 0.05) is 0 Å². The van der Waals surface area contributed by atoms with Crippen LogP contribution in [0.3, 0.4) is 0 Å². The lowest BCUT2D eigenvalue weighted by molar-refractivity contribution is -0.140. The van der Waals surface area contributed by atoms with E-state index in [2.05, 4.69) is 13.8 Å². The molecule has 0 atom stereocenters. The molecule has 5 heteroatoms. The molecule has 0 spiro atoms. The van der Waals surface area contributed by atoms with Crippen LogP contribution in [0.15, 0.2) is 12.1 Å². The Morgan fingerprint density at radius 1 is 0.839 bits per heavy atom. The molecule has 0 amide bonds. The molecule has 1 aliphatic rings. The molecule has 1 aromatic rings. The second-order valence-electron chi connectivity index (χ2n) is 8.94. The molecule has 3 nitrogen and oxygen atoms in total. The maximum absolute atomic E-state index is 14.4. The molecular formula is C26H40F2O3. The summed E-state index contributed by atoms with van der Waals surface area (Å²) >= 11 is 0. The number of halogens is 2. The largest absolute Gasteiger partial charge is 0.490 e. The number of carbonyl (C=O) groups is 1. The zero-order valence-electron chi connectivity index (χ0n) is 19.4. The Hall–Kier alpha value is -1.65. The number of carbonyl (C=O) groups excluding carboxylic acids is 1. The van der Waals surface area contributed by atoms with Gasteiger partial charge in [0.2, 0.25) is 11.6 Å². The second-order valence-corrected chi connectivity index (χ2v) is 8.94. The van der Waals surface area contributed by atoms with Gasteiger partial charge in [-0.2, -0.15) is 8.78 Å². The summed E-state index contributed by atoms with van der Waals surface area (Å²) in [5.41, 5.74) is 0. The third-order valence-electron chi connectivity index (χ3n) is 6.37. The topological polar surface area (TPSA) is 35.5 Å². The van der Waals surface area contributed by atoms with Crippen molar-refractivity contribution in [1.82, 2.24) is 0 Å². The van der Waals surface area contributed by atoms with E-state index in [1.165, 1.54) is 50.7 Å². The van der Waals surface area contributed by atoms with E-state index in [0.29, 0.717) is 12.5 Å². The Labute approximate surface area is 186 Å². The van der Waals surface area contributed by atoms with Gasteiger partial charge < -0.3 is 9.47 Å². The summed E-state index contributed by atoms with van der Waals surface area (Å²) in [5, 5.41) is 0. The molecule has 0 aromatic heterocycles. The van der Waals surface area contributed by atoms with Crippen molar-refractivity contribution < 1.29 is 23.0 Å². The van der Waals surface area contributed by atoms with Crippen LogP contribution in [0.2, 0.25) is 0 Å². The van der Waals surface area contributed by atoms with E-state index in [9.17, 15) is 13.6 Å². The molecule has 2 rings (SSSR count). The van der Waals surface area contributed by atoms with Gasteiger partial charge in [0.05, 0.1) is 12.5 Å². The standard InChI is InChI=1S/C26H40F2O3/c1-3-5-7-9-10-12-20-13-15-21(16-14-20)26(29)31-23-18-17-22(24(27)25(23)28)30-19-11-8-6-4-2/h17-18,20-21H,3-16,19H2,1-2H3. The van der Waals surface area contributed by atoms with Crippen molar-refractivity contribution in [3.63, 3.8) is 0 Å². The molecule has 31 heavy (non-hydrogen) atoms. The lowest BCUT2D eigenvalue weighted by Crippen LogP contribution is -2.26. The van der Waals surface area contributed by atoms with E-state index in [0.717, 1.165) is 51.4 Å². The van der Waals surface area contributed by atoms with Crippen molar-refractivity contribution in [3.05, 3.63) is 23.8 Å². The molecule has 0 N–H and O–H groups in total. The van der Waals surface area contributed by atoms with Gasteiger partial charge in [0.25, 0.3) is 0 Å². The lowest BCUT2D eigenvalue weighted by Gasteiger charge is -2.27. The maximum Gasteiger partial charge on any atom is 0.314 e. The highest BCUT2D eigenvalue weighted by Crippen LogP contribution is 2.34. The molecule has 0 radical (unpaired) electrons. The second kappa shape index (κ2) is 14.4. The summed E-state index contributed by atoms with van der Waals surface area (Å²) in [6.07, 6.45) is 15.2. The summed E-state index contributed by atoms with van der Waals surface area (Å²) in [5.74, 6) is -2.73. The van der Waals surface area contributed by atoms with Crippen LogP contribution in [-0.4, -0.2) is 12.6 Å². The van der Waals surface area contributed by atoms with Crippen LogP contribution >= 0.6 is 0 Å². The van der Waals surface area contributed by atoms with Crippen LogP contribution in [0.25, 0.3) is 0 Å². The molecule has 176 valence electrons. The number of esters is 1. The molecule has 1 saturated carbocycles. The van der Waals surface area contributed by atoms with E-state index in [4.69, 9.17) is 9.47 Å². The van der Waals surface area contributed by atoms with Gasteiger partial charge in [-0.05, 0) is 50.2 Å². The van der Waals surface area contributed by atoms with Crippen LogP contribution in [-0.2, 0) is 4.79 Å². The first-order chi connectivity index (χ1) is 15.1. The molecule has 1 aliphatic carbocycles. The third-order valence-corrected chi connectivity index (χ3v) is 6.37. The minimum atomic E-state index is -1.15. The number of ether oxygens (including phenoxy) is 2. The number of unbranched alkanes of at least 4 members (excludes halogenated alkanes) is 7. The first kappa shape index (κ1) is 25.6. The van der Waals surface area contributed by atoms with Crippen molar-refractivity contribution in [2.24, 2.45) is 11.8 Å². The van der Waals surface area contributed by atoms with E-state index in [1.807, 2.05) is 0 Å². The average molecular weight is 439 g/mol. The Kier molecular flexibility index (Phi) is 11.9. The molecule has 1 fully saturated rings. The Morgan fingerprint density at radius 3 is 2.10 bits per heavy atom. The van der Waals surface area contributed by atoms with Gasteiger partial charge in [-0.3, -0.25) is 4.79 Å².